The van der Waals surface area contributed by atoms with Gasteiger partial charge in [0.2, 0.25) is 0 Å². The second-order valence-electron chi connectivity index (χ2n) is 6.75. The number of anilines is 1. The lowest BCUT2D eigenvalue weighted by atomic mass is 10.2. The third-order valence-corrected chi connectivity index (χ3v) is 4.83. The summed E-state index contributed by atoms with van der Waals surface area (Å²) in [5.74, 6) is 0.570. The van der Waals surface area contributed by atoms with Crippen molar-refractivity contribution < 1.29 is 9.53 Å². The van der Waals surface area contributed by atoms with Gasteiger partial charge in [0.1, 0.15) is 18.1 Å². The van der Waals surface area contributed by atoms with Crippen molar-refractivity contribution in [2.75, 3.05) is 4.90 Å². The maximum absolute atomic E-state index is 12.9. The summed E-state index contributed by atoms with van der Waals surface area (Å²) in [4.78, 5) is 14.3. The molecule has 2 aromatic carbocycles. The van der Waals surface area contributed by atoms with E-state index in [2.05, 4.69) is 10.4 Å². The van der Waals surface area contributed by atoms with Gasteiger partial charge in [0.25, 0.3) is 5.91 Å². The molecule has 1 aliphatic heterocycles. The molecule has 0 unspecified atom stereocenters. The molecule has 4 rings (SSSR count). The summed E-state index contributed by atoms with van der Waals surface area (Å²) in [7, 11) is 1.81. The Kier molecular flexibility index (Phi) is 5.14. The number of nitrogens with zero attached hydrogens (tertiary/aromatic N) is 3. The number of hydrogen-bond acceptors (Lipinski definition) is 4. The number of ether oxygens (including phenoxy) is 1. The fraction of sp³-hybridized carbons (Fsp3) is 0.136. The Bertz CT molecular complexity index is 1090. The largest absolute Gasteiger partial charge is 0.489 e. The van der Waals surface area contributed by atoms with Crippen molar-refractivity contribution >= 4 is 35.0 Å². The maximum atomic E-state index is 12.9. The number of carbonyl (C=O) groups is 1. The van der Waals surface area contributed by atoms with E-state index in [0.717, 1.165) is 22.6 Å². The number of carbonyl (C=O) groups excluding carboxylic acids is 1. The van der Waals surface area contributed by atoms with Crippen LogP contribution < -0.4 is 15.0 Å². The zero-order valence-electron chi connectivity index (χ0n) is 16.1. The molecule has 1 aromatic heterocycles. The lowest BCUT2D eigenvalue weighted by molar-refractivity contribution is -0.113. The predicted octanol–water partition coefficient (Wildman–Crippen LogP) is 3.57. The molecular formula is C22H20N4O2S. The van der Waals surface area contributed by atoms with Crippen LogP contribution in [0.5, 0.6) is 5.75 Å². The van der Waals surface area contributed by atoms with E-state index in [0.29, 0.717) is 23.1 Å². The Hall–Kier alpha value is -3.45. The minimum atomic E-state index is -0.199. The van der Waals surface area contributed by atoms with Crippen LogP contribution in [0, 0.1) is 6.92 Å². The van der Waals surface area contributed by atoms with Crippen LogP contribution in [0.3, 0.4) is 0 Å². The fourth-order valence-corrected chi connectivity index (χ4v) is 3.42. The molecule has 1 amide bonds. The Balaban J connectivity index is 1.47. The van der Waals surface area contributed by atoms with Gasteiger partial charge in [0.15, 0.2) is 5.11 Å². The van der Waals surface area contributed by atoms with E-state index in [1.165, 1.54) is 4.90 Å². The third-order valence-electron chi connectivity index (χ3n) is 4.55. The first kappa shape index (κ1) is 18.9. The standard InChI is InChI=1S/C22H20N4O2S/c1-15-20(13-25(2)24-15)26-21(27)19(23-22(26)29)12-16-8-10-18(11-9-16)28-14-17-6-4-3-5-7-17/h3-13H,14H2,1-2H3,(H,23,29)/b19-12+. The van der Waals surface area contributed by atoms with Crippen molar-refractivity contribution in [1.82, 2.24) is 15.1 Å². The van der Waals surface area contributed by atoms with Crippen LogP contribution in [-0.4, -0.2) is 20.8 Å². The monoisotopic (exact) mass is 404 g/mol. The molecular weight excluding hydrogens is 384 g/mol. The van der Waals surface area contributed by atoms with Crippen molar-refractivity contribution in [2.24, 2.45) is 7.05 Å². The number of amides is 1. The summed E-state index contributed by atoms with van der Waals surface area (Å²) in [5, 5.41) is 7.63. The highest BCUT2D eigenvalue weighted by molar-refractivity contribution is 7.80. The quantitative estimate of drug-likeness (QED) is 0.520. The van der Waals surface area contributed by atoms with Gasteiger partial charge in [-0.25, -0.2) is 4.90 Å². The number of benzene rings is 2. The zero-order valence-corrected chi connectivity index (χ0v) is 16.9. The summed E-state index contributed by atoms with van der Waals surface area (Å²) >= 11 is 5.36. The normalized spacial score (nSPS) is 15.1. The molecule has 146 valence electrons. The van der Waals surface area contributed by atoms with Gasteiger partial charge in [-0.1, -0.05) is 42.5 Å². The van der Waals surface area contributed by atoms with Crippen molar-refractivity contribution in [3.63, 3.8) is 0 Å². The SMILES string of the molecule is Cc1nn(C)cc1N1C(=O)/C(=C\c2ccc(OCc3ccccc3)cc2)NC1=S. The summed E-state index contributed by atoms with van der Waals surface area (Å²) < 4.78 is 7.47. The van der Waals surface area contributed by atoms with Crippen LogP contribution in [-0.2, 0) is 18.4 Å². The van der Waals surface area contributed by atoms with Gasteiger partial charge >= 0.3 is 0 Å². The van der Waals surface area contributed by atoms with Crippen LogP contribution in [0.25, 0.3) is 6.08 Å². The average Bonchev–Trinajstić information content (AvgIpc) is 3.18. The number of rotatable bonds is 5. The maximum Gasteiger partial charge on any atom is 0.281 e. The average molecular weight is 404 g/mol. The van der Waals surface area contributed by atoms with E-state index in [1.807, 2.05) is 68.6 Å². The first-order valence-corrected chi connectivity index (χ1v) is 9.56. The molecule has 1 aliphatic rings. The van der Waals surface area contributed by atoms with E-state index in [4.69, 9.17) is 17.0 Å². The van der Waals surface area contributed by atoms with Crippen LogP contribution >= 0.6 is 12.2 Å². The van der Waals surface area contributed by atoms with Gasteiger partial charge in [-0.15, -0.1) is 0 Å². The molecule has 6 nitrogen and oxygen atoms in total. The first-order chi connectivity index (χ1) is 14.0. The van der Waals surface area contributed by atoms with E-state index in [9.17, 15) is 4.79 Å². The smallest absolute Gasteiger partial charge is 0.281 e. The molecule has 0 spiro atoms. The number of aryl methyl sites for hydroxylation is 2. The lowest BCUT2D eigenvalue weighted by Crippen LogP contribution is -2.30. The first-order valence-electron chi connectivity index (χ1n) is 9.15. The van der Waals surface area contributed by atoms with Gasteiger partial charge in [0, 0.05) is 13.2 Å². The highest BCUT2D eigenvalue weighted by Gasteiger charge is 2.33. The molecule has 0 atom stereocenters. The highest BCUT2D eigenvalue weighted by atomic mass is 32.1. The molecule has 1 saturated heterocycles. The van der Waals surface area contributed by atoms with Crippen molar-refractivity contribution in [3.05, 3.63) is 83.3 Å². The molecule has 0 aliphatic carbocycles. The summed E-state index contributed by atoms with van der Waals surface area (Å²) in [5.41, 5.74) is 3.84. The Labute approximate surface area is 174 Å². The van der Waals surface area contributed by atoms with Crippen LogP contribution in [0.1, 0.15) is 16.8 Å². The Morgan fingerprint density at radius 2 is 1.86 bits per heavy atom. The van der Waals surface area contributed by atoms with Gasteiger partial charge in [-0.3, -0.25) is 9.48 Å². The van der Waals surface area contributed by atoms with Crippen LogP contribution in [0.2, 0.25) is 0 Å². The number of aromatic nitrogens is 2. The second-order valence-corrected chi connectivity index (χ2v) is 7.13. The molecule has 0 radical (unpaired) electrons. The second kappa shape index (κ2) is 7.89. The van der Waals surface area contributed by atoms with Crippen LogP contribution in [0.15, 0.2) is 66.5 Å². The van der Waals surface area contributed by atoms with Gasteiger partial charge in [-0.2, -0.15) is 5.10 Å². The van der Waals surface area contributed by atoms with Gasteiger partial charge in [0.05, 0.1) is 11.4 Å². The summed E-state index contributed by atoms with van der Waals surface area (Å²) in [6.07, 6.45) is 3.56. The molecule has 3 aromatic rings. The number of hydrogen-bond donors (Lipinski definition) is 1. The molecule has 7 heteroatoms. The van der Waals surface area contributed by atoms with E-state index < -0.39 is 0 Å². The number of nitrogens with one attached hydrogen (secondary N) is 1. The van der Waals surface area contributed by atoms with Crippen molar-refractivity contribution in [1.29, 1.82) is 0 Å². The van der Waals surface area contributed by atoms with E-state index in [1.54, 1.807) is 17.0 Å². The minimum absolute atomic E-state index is 0.199. The molecule has 0 saturated carbocycles. The van der Waals surface area contributed by atoms with Crippen molar-refractivity contribution in [3.8, 4) is 5.75 Å². The van der Waals surface area contributed by atoms with E-state index in [-0.39, 0.29) is 5.91 Å². The fourth-order valence-electron chi connectivity index (χ4n) is 3.13. The summed E-state index contributed by atoms with van der Waals surface area (Å²) in [6.45, 7) is 2.36. The Morgan fingerprint density at radius 1 is 1.14 bits per heavy atom. The van der Waals surface area contributed by atoms with Crippen LogP contribution in [0.4, 0.5) is 5.69 Å². The summed E-state index contributed by atoms with van der Waals surface area (Å²) in [6, 6.07) is 17.6. The lowest BCUT2D eigenvalue weighted by Gasteiger charge is -2.11. The van der Waals surface area contributed by atoms with Gasteiger partial charge < -0.3 is 10.1 Å². The minimum Gasteiger partial charge on any atom is -0.489 e. The Morgan fingerprint density at radius 3 is 2.52 bits per heavy atom. The number of thiocarbonyl (C=S) groups is 1. The highest BCUT2D eigenvalue weighted by Crippen LogP contribution is 2.25. The molecule has 29 heavy (non-hydrogen) atoms. The predicted molar refractivity (Wildman–Crippen MR) is 116 cm³/mol. The zero-order chi connectivity index (χ0) is 20.4. The van der Waals surface area contributed by atoms with E-state index >= 15 is 0 Å². The molecule has 1 N–H and O–H groups in total. The van der Waals surface area contributed by atoms with Gasteiger partial charge in [-0.05, 0) is 48.5 Å². The molecule has 1 fully saturated rings. The van der Waals surface area contributed by atoms with Crippen molar-refractivity contribution in [2.45, 2.75) is 13.5 Å². The third kappa shape index (κ3) is 4.05. The molecule has 2 heterocycles. The molecule has 0 bridgehead atoms. The topological polar surface area (TPSA) is 59.4 Å².